The van der Waals surface area contributed by atoms with E-state index in [1.165, 1.54) is 10.9 Å². The highest BCUT2D eigenvalue weighted by Gasteiger charge is 2.00. The molecule has 78 valence electrons. The minimum absolute atomic E-state index is 0.105. The van der Waals surface area contributed by atoms with Crippen molar-refractivity contribution in [1.82, 2.24) is 14.9 Å². The smallest absolute Gasteiger partial charge is 0.326 e. The van der Waals surface area contributed by atoms with Crippen molar-refractivity contribution in [2.75, 3.05) is 18.6 Å². The predicted octanol–water partition coefficient (Wildman–Crippen LogP) is 1.58. The van der Waals surface area contributed by atoms with E-state index in [1.807, 2.05) is 11.8 Å². The molecule has 0 saturated heterocycles. The van der Waals surface area contributed by atoms with E-state index in [9.17, 15) is 4.79 Å². The third kappa shape index (κ3) is 3.83. The Labute approximate surface area is 88.1 Å². The van der Waals surface area contributed by atoms with Crippen LogP contribution >= 0.6 is 11.8 Å². The summed E-state index contributed by atoms with van der Waals surface area (Å²) in [6.07, 6.45) is 8.98. The van der Waals surface area contributed by atoms with Crippen molar-refractivity contribution >= 4 is 17.8 Å². The van der Waals surface area contributed by atoms with Gasteiger partial charge in [-0.15, -0.1) is 0 Å². The predicted molar refractivity (Wildman–Crippen MR) is 58.6 cm³/mol. The topological polar surface area (TPSA) is 46.9 Å². The third-order valence-electron chi connectivity index (χ3n) is 1.79. The molecule has 14 heavy (non-hydrogen) atoms. The molecule has 1 amide bonds. The summed E-state index contributed by atoms with van der Waals surface area (Å²) < 4.78 is 1.44. The fourth-order valence-electron chi connectivity index (χ4n) is 1.04. The van der Waals surface area contributed by atoms with Crippen LogP contribution < -0.4 is 5.32 Å². The normalized spacial score (nSPS) is 10.1. The molecule has 1 N–H and O–H groups in total. The zero-order valence-corrected chi connectivity index (χ0v) is 9.09. The second-order valence-electron chi connectivity index (χ2n) is 2.90. The molecule has 0 aliphatic carbocycles. The number of carbonyl (C=O) groups is 1. The number of rotatable bonds is 5. The molecule has 0 radical (unpaired) electrons. The summed E-state index contributed by atoms with van der Waals surface area (Å²) in [5, 5.41) is 2.82. The first kappa shape index (κ1) is 11.1. The summed E-state index contributed by atoms with van der Waals surface area (Å²) in [4.78, 5) is 15.1. The van der Waals surface area contributed by atoms with Gasteiger partial charge in [-0.1, -0.05) is 0 Å². The van der Waals surface area contributed by atoms with Gasteiger partial charge < -0.3 is 5.32 Å². The average Bonchev–Trinajstić information content (AvgIpc) is 2.70. The highest BCUT2D eigenvalue weighted by Crippen LogP contribution is 1.97. The minimum atomic E-state index is -0.105. The Morgan fingerprint density at radius 3 is 3.07 bits per heavy atom. The van der Waals surface area contributed by atoms with Crippen LogP contribution in [0.4, 0.5) is 4.79 Å². The van der Waals surface area contributed by atoms with Crippen molar-refractivity contribution in [3.05, 3.63) is 18.7 Å². The molecule has 0 aliphatic heterocycles. The van der Waals surface area contributed by atoms with Gasteiger partial charge in [0.25, 0.3) is 0 Å². The molecule has 1 aromatic rings. The van der Waals surface area contributed by atoms with Gasteiger partial charge in [0.05, 0.1) is 0 Å². The van der Waals surface area contributed by atoms with Crippen molar-refractivity contribution in [2.24, 2.45) is 0 Å². The zero-order valence-electron chi connectivity index (χ0n) is 8.27. The summed E-state index contributed by atoms with van der Waals surface area (Å²) in [6, 6.07) is -0.105. The van der Waals surface area contributed by atoms with Gasteiger partial charge in [-0.25, -0.2) is 9.78 Å². The van der Waals surface area contributed by atoms with Gasteiger partial charge in [0.1, 0.15) is 6.33 Å². The fourth-order valence-corrected chi connectivity index (χ4v) is 1.53. The van der Waals surface area contributed by atoms with Crippen molar-refractivity contribution in [3.8, 4) is 0 Å². The molecule has 0 aliphatic rings. The van der Waals surface area contributed by atoms with E-state index in [0.29, 0.717) is 0 Å². The van der Waals surface area contributed by atoms with Crippen LogP contribution in [-0.2, 0) is 0 Å². The van der Waals surface area contributed by atoms with Crippen molar-refractivity contribution in [1.29, 1.82) is 0 Å². The van der Waals surface area contributed by atoms with Gasteiger partial charge in [0.15, 0.2) is 0 Å². The van der Waals surface area contributed by atoms with Crippen molar-refractivity contribution in [2.45, 2.75) is 12.8 Å². The fraction of sp³-hybridized carbons (Fsp3) is 0.556. The summed E-state index contributed by atoms with van der Waals surface area (Å²) in [7, 11) is 0. The molecule has 0 aromatic carbocycles. The molecule has 4 nitrogen and oxygen atoms in total. The van der Waals surface area contributed by atoms with E-state index < -0.39 is 0 Å². The van der Waals surface area contributed by atoms with Crippen LogP contribution in [0.25, 0.3) is 0 Å². The van der Waals surface area contributed by atoms with E-state index in [1.54, 1.807) is 12.4 Å². The maximum Gasteiger partial charge on any atom is 0.326 e. The highest BCUT2D eigenvalue weighted by atomic mass is 32.2. The number of hydrogen-bond acceptors (Lipinski definition) is 3. The summed E-state index contributed by atoms with van der Waals surface area (Å²) in [6.45, 7) is 0.734. The lowest BCUT2D eigenvalue weighted by Crippen LogP contribution is -2.28. The maximum atomic E-state index is 11.3. The van der Waals surface area contributed by atoms with Crippen molar-refractivity contribution < 1.29 is 4.79 Å². The maximum absolute atomic E-state index is 11.3. The third-order valence-corrected chi connectivity index (χ3v) is 2.49. The largest absolute Gasteiger partial charge is 0.337 e. The number of unbranched alkanes of at least 4 members (excludes halogenated alkanes) is 1. The van der Waals surface area contributed by atoms with Crippen LogP contribution in [0.3, 0.4) is 0 Å². The molecular weight excluding hydrogens is 198 g/mol. The Balaban J connectivity index is 2.10. The van der Waals surface area contributed by atoms with E-state index in [2.05, 4.69) is 16.6 Å². The minimum Gasteiger partial charge on any atom is -0.337 e. The molecular formula is C9H15N3OS. The molecule has 0 fully saturated rings. The lowest BCUT2D eigenvalue weighted by Gasteiger charge is -2.04. The van der Waals surface area contributed by atoms with Gasteiger partial charge in [-0.2, -0.15) is 11.8 Å². The first-order valence-corrected chi connectivity index (χ1v) is 5.99. The molecule has 0 bridgehead atoms. The number of imidazole rings is 1. The first-order valence-electron chi connectivity index (χ1n) is 4.59. The van der Waals surface area contributed by atoms with E-state index >= 15 is 0 Å². The van der Waals surface area contributed by atoms with Crippen LogP contribution in [0.2, 0.25) is 0 Å². The molecule has 1 heterocycles. The Morgan fingerprint density at radius 2 is 2.43 bits per heavy atom. The van der Waals surface area contributed by atoms with Crippen LogP contribution in [-0.4, -0.2) is 34.1 Å². The number of carbonyl (C=O) groups excluding carboxylic acids is 1. The molecule has 0 atom stereocenters. The Hall–Kier alpha value is -0.970. The van der Waals surface area contributed by atoms with Gasteiger partial charge in [0.2, 0.25) is 0 Å². The van der Waals surface area contributed by atoms with Gasteiger partial charge >= 0.3 is 6.03 Å². The Bertz CT molecular complexity index is 261. The van der Waals surface area contributed by atoms with Crippen LogP contribution in [0, 0.1) is 0 Å². The number of aromatic nitrogens is 2. The zero-order chi connectivity index (χ0) is 10.2. The van der Waals surface area contributed by atoms with Crippen LogP contribution in [0.1, 0.15) is 12.8 Å². The number of hydrogen-bond donors (Lipinski definition) is 1. The molecule has 1 rings (SSSR count). The van der Waals surface area contributed by atoms with Gasteiger partial charge in [-0.3, -0.25) is 4.57 Å². The van der Waals surface area contributed by atoms with Gasteiger partial charge in [-0.05, 0) is 24.9 Å². The standard InChI is InChI=1S/C9H15N3OS/c1-14-7-3-2-4-11-9(13)12-6-5-10-8-12/h5-6,8H,2-4,7H2,1H3,(H,11,13). The summed E-state index contributed by atoms with van der Waals surface area (Å²) in [5.41, 5.74) is 0. The number of thioether (sulfide) groups is 1. The summed E-state index contributed by atoms with van der Waals surface area (Å²) in [5.74, 6) is 1.15. The molecule has 0 unspecified atom stereocenters. The molecule has 0 spiro atoms. The summed E-state index contributed by atoms with van der Waals surface area (Å²) >= 11 is 1.83. The lowest BCUT2D eigenvalue weighted by molar-refractivity contribution is 0.242. The monoisotopic (exact) mass is 213 g/mol. The lowest BCUT2D eigenvalue weighted by atomic mass is 10.3. The molecule has 1 aromatic heterocycles. The number of nitrogens with zero attached hydrogens (tertiary/aromatic N) is 2. The Morgan fingerprint density at radius 1 is 1.57 bits per heavy atom. The Kier molecular flexibility index (Phi) is 5.14. The van der Waals surface area contributed by atoms with E-state index in [0.717, 1.165) is 25.1 Å². The van der Waals surface area contributed by atoms with E-state index in [-0.39, 0.29) is 6.03 Å². The molecule has 5 heteroatoms. The van der Waals surface area contributed by atoms with Crippen LogP contribution in [0.15, 0.2) is 18.7 Å². The van der Waals surface area contributed by atoms with Gasteiger partial charge in [0, 0.05) is 18.9 Å². The number of amides is 1. The SMILES string of the molecule is CSCCCCNC(=O)n1ccnc1. The van der Waals surface area contributed by atoms with E-state index in [4.69, 9.17) is 0 Å². The van der Waals surface area contributed by atoms with Crippen LogP contribution in [0.5, 0.6) is 0 Å². The second kappa shape index (κ2) is 6.48. The quantitative estimate of drug-likeness (QED) is 0.755. The number of nitrogens with one attached hydrogen (secondary N) is 1. The highest BCUT2D eigenvalue weighted by molar-refractivity contribution is 7.98. The average molecular weight is 213 g/mol. The van der Waals surface area contributed by atoms with Crippen molar-refractivity contribution in [3.63, 3.8) is 0 Å². The molecule has 0 saturated carbocycles. The first-order chi connectivity index (χ1) is 6.84. The second-order valence-corrected chi connectivity index (χ2v) is 3.89.